The Morgan fingerprint density at radius 2 is 2.13 bits per heavy atom. The summed E-state index contributed by atoms with van der Waals surface area (Å²) in [5, 5.41) is 9.99. The predicted molar refractivity (Wildman–Crippen MR) is 59.6 cm³/mol. The van der Waals surface area contributed by atoms with Crippen LogP contribution in [0.25, 0.3) is 0 Å². The van der Waals surface area contributed by atoms with Gasteiger partial charge in [-0.15, -0.1) is 0 Å². The van der Waals surface area contributed by atoms with Crippen LogP contribution in [0.2, 0.25) is 0 Å². The molecule has 1 atom stereocenters. The molecule has 0 aliphatic rings. The van der Waals surface area contributed by atoms with Crippen LogP contribution in [0.3, 0.4) is 0 Å². The van der Waals surface area contributed by atoms with Gasteiger partial charge >= 0.3 is 0 Å². The maximum atomic E-state index is 9.99. The van der Waals surface area contributed by atoms with Crippen LogP contribution in [0.15, 0.2) is 18.5 Å². The SMILES string of the molecule is COC(C)(C)CC(O)c1cncc(C)c1. The summed E-state index contributed by atoms with van der Waals surface area (Å²) in [7, 11) is 1.65. The molecule has 15 heavy (non-hydrogen) atoms. The lowest BCUT2D eigenvalue weighted by molar-refractivity contribution is -0.0201. The van der Waals surface area contributed by atoms with Crippen molar-refractivity contribution in [3.05, 3.63) is 29.6 Å². The van der Waals surface area contributed by atoms with Crippen molar-refractivity contribution in [2.45, 2.75) is 38.9 Å². The van der Waals surface area contributed by atoms with Crippen molar-refractivity contribution in [1.29, 1.82) is 0 Å². The summed E-state index contributed by atoms with van der Waals surface area (Å²) in [4.78, 5) is 4.06. The smallest absolute Gasteiger partial charge is 0.0832 e. The summed E-state index contributed by atoms with van der Waals surface area (Å²) in [6, 6.07) is 1.95. The second kappa shape index (κ2) is 4.73. The van der Waals surface area contributed by atoms with Gasteiger partial charge in [-0.1, -0.05) is 6.07 Å². The molecular formula is C12H19NO2. The number of hydrogen-bond acceptors (Lipinski definition) is 3. The van der Waals surface area contributed by atoms with Crippen LogP contribution < -0.4 is 0 Å². The van der Waals surface area contributed by atoms with Gasteiger partial charge in [0, 0.05) is 25.9 Å². The molecule has 1 heterocycles. The molecule has 0 saturated carbocycles. The second-order valence-corrected chi connectivity index (χ2v) is 4.48. The average Bonchev–Trinajstić information content (AvgIpc) is 2.17. The lowest BCUT2D eigenvalue weighted by atomic mass is 9.96. The van der Waals surface area contributed by atoms with Crippen molar-refractivity contribution < 1.29 is 9.84 Å². The third-order valence-electron chi connectivity index (χ3n) is 2.52. The molecule has 1 N–H and O–H groups in total. The standard InChI is InChI=1S/C12H19NO2/c1-9-5-10(8-13-7-9)11(14)6-12(2,3)15-4/h5,7-8,11,14H,6H2,1-4H3. The normalized spacial score (nSPS) is 13.9. The zero-order valence-electron chi connectivity index (χ0n) is 9.82. The Morgan fingerprint density at radius 3 is 2.67 bits per heavy atom. The molecule has 1 unspecified atom stereocenters. The second-order valence-electron chi connectivity index (χ2n) is 4.48. The highest BCUT2D eigenvalue weighted by Gasteiger charge is 2.22. The maximum Gasteiger partial charge on any atom is 0.0832 e. The lowest BCUT2D eigenvalue weighted by Crippen LogP contribution is -2.25. The van der Waals surface area contributed by atoms with Crippen molar-refractivity contribution in [2.75, 3.05) is 7.11 Å². The zero-order valence-corrected chi connectivity index (χ0v) is 9.82. The van der Waals surface area contributed by atoms with E-state index in [0.717, 1.165) is 11.1 Å². The monoisotopic (exact) mass is 209 g/mol. The van der Waals surface area contributed by atoms with Crippen molar-refractivity contribution in [3.8, 4) is 0 Å². The molecule has 1 aromatic heterocycles. The van der Waals surface area contributed by atoms with Gasteiger partial charge in [0.2, 0.25) is 0 Å². The van der Waals surface area contributed by atoms with Crippen LogP contribution in [0.4, 0.5) is 0 Å². The zero-order chi connectivity index (χ0) is 11.5. The fraction of sp³-hybridized carbons (Fsp3) is 0.583. The van der Waals surface area contributed by atoms with Gasteiger partial charge in [0.1, 0.15) is 0 Å². The molecule has 0 aliphatic heterocycles. The number of aromatic nitrogens is 1. The van der Waals surface area contributed by atoms with Gasteiger partial charge in [-0.25, -0.2) is 0 Å². The first kappa shape index (κ1) is 12.1. The van der Waals surface area contributed by atoms with E-state index in [1.165, 1.54) is 0 Å². The Labute approximate surface area is 91.1 Å². The fourth-order valence-electron chi connectivity index (χ4n) is 1.43. The summed E-state index contributed by atoms with van der Waals surface area (Å²) in [5.41, 5.74) is 1.59. The van der Waals surface area contributed by atoms with Crippen LogP contribution in [-0.2, 0) is 4.74 Å². The molecule has 3 nitrogen and oxygen atoms in total. The van der Waals surface area contributed by atoms with Crippen LogP contribution >= 0.6 is 0 Å². The first-order valence-corrected chi connectivity index (χ1v) is 5.09. The quantitative estimate of drug-likeness (QED) is 0.827. The van der Waals surface area contributed by atoms with Gasteiger partial charge < -0.3 is 9.84 Å². The Balaban J connectivity index is 2.73. The molecule has 0 amide bonds. The minimum atomic E-state index is -0.521. The first-order valence-electron chi connectivity index (χ1n) is 5.09. The first-order chi connectivity index (χ1) is 6.94. The van der Waals surface area contributed by atoms with E-state index in [1.54, 1.807) is 19.5 Å². The Bertz CT molecular complexity index is 323. The fourth-order valence-corrected chi connectivity index (χ4v) is 1.43. The molecule has 0 fully saturated rings. The largest absolute Gasteiger partial charge is 0.388 e. The summed E-state index contributed by atoms with van der Waals surface area (Å²) in [6.07, 6.45) is 3.52. The van der Waals surface area contributed by atoms with Crippen molar-refractivity contribution in [1.82, 2.24) is 4.98 Å². The van der Waals surface area contributed by atoms with Crippen molar-refractivity contribution >= 4 is 0 Å². The minimum absolute atomic E-state index is 0.316. The number of aryl methyl sites for hydroxylation is 1. The van der Waals surface area contributed by atoms with Crippen LogP contribution in [-0.4, -0.2) is 22.8 Å². The maximum absolute atomic E-state index is 9.99. The molecule has 84 valence electrons. The third kappa shape index (κ3) is 3.61. The molecule has 1 aromatic rings. The number of rotatable bonds is 4. The molecule has 3 heteroatoms. The van der Waals surface area contributed by atoms with Crippen LogP contribution in [0.1, 0.15) is 37.5 Å². The van der Waals surface area contributed by atoms with E-state index in [1.807, 2.05) is 26.8 Å². The number of nitrogens with zero attached hydrogens (tertiary/aromatic N) is 1. The van der Waals surface area contributed by atoms with E-state index >= 15 is 0 Å². The number of methoxy groups -OCH3 is 1. The summed E-state index contributed by atoms with van der Waals surface area (Å²) < 4.78 is 5.28. The Kier molecular flexibility index (Phi) is 3.83. The average molecular weight is 209 g/mol. The predicted octanol–water partition coefficient (Wildman–Crippen LogP) is 2.24. The molecule has 1 rings (SSSR count). The summed E-state index contributed by atoms with van der Waals surface area (Å²) in [6.45, 7) is 5.88. The molecule has 0 saturated heterocycles. The number of aliphatic hydroxyl groups excluding tert-OH is 1. The van der Waals surface area contributed by atoms with Crippen LogP contribution in [0, 0.1) is 6.92 Å². The van der Waals surface area contributed by atoms with Crippen molar-refractivity contribution in [2.24, 2.45) is 0 Å². The van der Waals surface area contributed by atoms with Gasteiger partial charge in [0.05, 0.1) is 11.7 Å². The lowest BCUT2D eigenvalue weighted by Gasteiger charge is -2.25. The number of pyridine rings is 1. The van der Waals surface area contributed by atoms with Gasteiger partial charge in [-0.3, -0.25) is 4.98 Å². The minimum Gasteiger partial charge on any atom is -0.388 e. The number of hydrogen-bond donors (Lipinski definition) is 1. The molecule has 0 spiro atoms. The van der Waals surface area contributed by atoms with Gasteiger partial charge in [-0.2, -0.15) is 0 Å². The van der Waals surface area contributed by atoms with E-state index in [2.05, 4.69) is 4.98 Å². The van der Waals surface area contributed by atoms with Gasteiger partial charge in [0.25, 0.3) is 0 Å². The molecular weight excluding hydrogens is 190 g/mol. The van der Waals surface area contributed by atoms with E-state index in [9.17, 15) is 5.11 Å². The highest BCUT2D eigenvalue weighted by Crippen LogP contribution is 2.25. The molecule has 0 aromatic carbocycles. The topological polar surface area (TPSA) is 42.4 Å². The van der Waals surface area contributed by atoms with E-state index < -0.39 is 6.10 Å². The van der Waals surface area contributed by atoms with E-state index in [0.29, 0.717) is 6.42 Å². The van der Waals surface area contributed by atoms with E-state index in [4.69, 9.17) is 4.74 Å². The highest BCUT2D eigenvalue weighted by atomic mass is 16.5. The summed E-state index contributed by atoms with van der Waals surface area (Å²) in [5.74, 6) is 0. The number of ether oxygens (including phenoxy) is 1. The van der Waals surface area contributed by atoms with Crippen molar-refractivity contribution in [3.63, 3.8) is 0 Å². The third-order valence-corrected chi connectivity index (χ3v) is 2.52. The van der Waals surface area contributed by atoms with E-state index in [-0.39, 0.29) is 5.60 Å². The van der Waals surface area contributed by atoms with Crippen LogP contribution in [0.5, 0.6) is 0 Å². The van der Waals surface area contributed by atoms with Gasteiger partial charge in [0.15, 0.2) is 0 Å². The van der Waals surface area contributed by atoms with Gasteiger partial charge in [-0.05, 0) is 31.9 Å². The molecule has 0 aliphatic carbocycles. The number of aliphatic hydroxyl groups is 1. The molecule has 0 bridgehead atoms. The summed E-state index contributed by atoms with van der Waals surface area (Å²) >= 11 is 0. The highest BCUT2D eigenvalue weighted by molar-refractivity contribution is 5.19. The molecule has 0 radical (unpaired) electrons. The Morgan fingerprint density at radius 1 is 1.47 bits per heavy atom. The Hall–Kier alpha value is -0.930.